The summed E-state index contributed by atoms with van der Waals surface area (Å²) >= 11 is 0. The van der Waals surface area contributed by atoms with Crippen LogP contribution in [0.1, 0.15) is 54.9 Å². The third-order valence-corrected chi connectivity index (χ3v) is 7.79. The van der Waals surface area contributed by atoms with E-state index in [4.69, 9.17) is 9.97 Å². The third-order valence-electron chi connectivity index (χ3n) is 7.79. The van der Waals surface area contributed by atoms with Crippen LogP contribution in [-0.2, 0) is 24.9 Å². The number of benzene rings is 1. The van der Waals surface area contributed by atoms with Crippen LogP contribution in [0.2, 0.25) is 0 Å². The molecule has 4 aromatic rings. The molecule has 192 valence electrons. The lowest BCUT2D eigenvalue weighted by Gasteiger charge is -2.36. The van der Waals surface area contributed by atoms with Gasteiger partial charge in [-0.1, -0.05) is 19.1 Å². The molecule has 0 atom stereocenters. The number of fused-ring (bicyclic) bond motifs is 2. The zero-order valence-corrected chi connectivity index (χ0v) is 21.6. The van der Waals surface area contributed by atoms with Crippen LogP contribution in [0.5, 0.6) is 0 Å². The predicted octanol–water partition coefficient (Wildman–Crippen LogP) is 5.38. The zero-order valence-electron chi connectivity index (χ0n) is 21.6. The van der Waals surface area contributed by atoms with Gasteiger partial charge in [0.2, 0.25) is 11.8 Å². The zero-order chi connectivity index (χ0) is 26.1. The molecule has 0 bridgehead atoms. The maximum absolute atomic E-state index is 13.8. The molecule has 0 saturated heterocycles. The standard InChI is InChI=1S/C28H30F2N6O/c1-5-24(37)35-8-9-36-23(15-35)26(32-27(36)19-11-28(29,30)12-19)25-16(2)6-7-18-10-22(31-13-20(18)25)21-14-34(4)33-17(21)3/h6-7,10,13-14,19H,5,8-9,11-12,15H2,1-4H3. The number of aromatic nitrogens is 5. The van der Waals surface area contributed by atoms with Crippen LogP contribution < -0.4 is 0 Å². The van der Waals surface area contributed by atoms with Crippen LogP contribution in [0.3, 0.4) is 0 Å². The van der Waals surface area contributed by atoms with E-state index in [1.165, 1.54) is 0 Å². The number of hydrogen-bond donors (Lipinski definition) is 0. The van der Waals surface area contributed by atoms with Gasteiger partial charge in [-0.2, -0.15) is 5.10 Å². The fraction of sp³-hybridized carbons (Fsp3) is 0.429. The first-order valence-electron chi connectivity index (χ1n) is 12.8. The molecule has 9 heteroatoms. The van der Waals surface area contributed by atoms with Gasteiger partial charge in [0.15, 0.2) is 0 Å². The Hall–Kier alpha value is -3.62. The molecule has 37 heavy (non-hydrogen) atoms. The fourth-order valence-electron chi connectivity index (χ4n) is 5.83. The van der Waals surface area contributed by atoms with E-state index in [2.05, 4.69) is 27.9 Å². The lowest BCUT2D eigenvalue weighted by atomic mass is 9.80. The summed E-state index contributed by atoms with van der Waals surface area (Å²) in [6, 6.07) is 6.21. The van der Waals surface area contributed by atoms with Crippen LogP contribution in [0.15, 0.2) is 30.6 Å². The number of hydrogen-bond acceptors (Lipinski definition) is 4. The molecule has 0 spiro atoms. The van der Waals surface area contributed by atoms with E-state index >= 15 is 0 Å². The SMILES string of the molecule is CCC(=O)N1CCn2c(C3CC(F)(F)C3)nc(-c3c(C)ccc4cc(-c5cn(C)nc5C)ncc34)c2C1. The number of aryl methyl sites for hydroxylation is 3. The van der Waals surface area contributed by atoms with Gasteiger partial charge in [0.25, 0.3) is 0 Å². The van der Waals surface area contributed by atoms with Crippen molar-refractivity contribution in [1.82, 2.24) is 29.2 Å². The Morgan fingerprint density at radius 2 is 1.97 bits per heavy atom. The number of carbonyl (C=O) groups excluding carboxylic acids is 1. The van der Waals surface area contributed by atoms with E-state index < -0.39 is 5.92 Å². The molecule has 2 aliphatic rings. The summed E-state index contributed by atoms with van der Waals surface area (Å²) in [5, 5.41) is 6.42. The summed E-state index contributed by atoms with van der Waals surface area (Å²) < 4.78 is 31.5. The molecule has 1 aromatic carbocycles. The number of rotatable bonds is 4. The topological polar surface area (TPSA) is 68.8 Å². The van der Waals surface area contributed by atoms with E-state index in [0.717, 1.165) is 50.2 Å². The molecule has 4 heterocycles. The number of amides is 1. The molecular weight excluding hydrogens is 474 g/mol. The highest BCUT2D eigenvalue weighted by molar-refractivity contribution is 5.99. The Morgan fingerprint density at radius 1 is 1.19 bits per heavy atom. The fourth-order valence-corrected chi connectivity index (χ4v) is 5.83. The number of pyridine rings is 1. The van der Waals surface area contributed by atoms with Crippen LogP contribution in [0.4, 0.5) is 8.78 Å². The highest BCUT2D eigenvalue weighted by Gasteiger charge is 2.48. The molecule has 1 amide bonds. The van der Waals surface area contributed by atoms with Crippen molar-refractivity contribution in [2.24, 2.45) is 7.05 Å². The van der Waals surface area contributed by atoms with Gasteiger partial charge in [-0.3, -0.25) is 14.5 Å². The van der Waals surface area contributed by atoms with Crippen LogP contribution in [-0.4, -0.2) is 47.6 Å². The summed E-state index contributed by atoms with van der Waals surface area (Å²) in [5.74, 6) is -2.10. The van der Waals surface area contributed by atoms with E-state index in [0.29, 0.717) is 31.9 Å². The molecule has 1 saturated carbocycles. The third kappa shape index (κ3) is 3.91. The normalized spacial score (nSPS) is 17.2. The monoisotopic (exact) mass is 504 g/mol. The van der Waals surface area contributed by atoms with Crippen LogP contribution in [0.25, 0.3) is 33.3 Å². The van der Waals surface area contributed by atoms with Gasteiger partial charge in [0.05, 0.1) is 29.3 Å². The Kier molecular flexibility index (Phi) is 5.43. The van der Waals surface area contributed by atoms with Gasteiger partial charge in [0, 0.05) is 74.2 Å². The minimum absolute atomic E-state index is 0.0860. The molecule has 7 nitrogen and oxygen atoms in total. The summed E-state index contributed by atoms with van der Waals surface area (Å²) in [6.07, 6.45) is 3.91. The molecule has 1 fully saturated rings. The minimum Gasteiger partial charge on any atom is -0.335 e. The molecule has 0 N–H and O–H groups in total. The van der Waals surface area contributed by atoms with Gasteiger partial charge < -0.3 is 9.47 Å². The number of alkyl halides is 2. The average molecular weight is 505 g/mol. The van der Waals surface area contributed by atoms with E-state index in [1.807, 2.05) is 45.1 Å². The molecule has 1 aliphatic carbocycles. The first-order valence-corrected chi connectivity index (χ1v) is 12.8. The Morgan fingerprint density at radius 3 is 2.65 bits per heavy atom. The van der Waals surface area contributed by atoms with E-state index in [9.17, 15) is 13.6 Å². The second-order valence-electron chi connectivity index (χ2n) is 10.4. The number of halogens is 2. The number of nitrogens with zero attached hydrogens (tertiary/aromatic N) is 6. The first kappa shape index (κ1) is 23.8. The molecule has 6 rings (SSSR count). The van der Waals surface area contributed by atoms with Crippen molar-refractivity contribution in [1.29, 1.82) is 0 Å². The van der Waals surface area contributed by atoms with E-state index in [1.54, 1.807) is 4.68 Å². The second-order valence-corrected chi connectivity index (χ2v) is 10.4. The Labute approximate surface area is 214 Å². The van der Waals surface area contributed by atoms with Crippen molar-refractivity contribution in [2.75, 3.05) is 6.54 Å². The predicted molar refractivity (Wildman–Crippen MR) is 137 cm³/mol. The van der Waals surface area contributed by atoms with Gasteiger partial charge in [-0.15, -0.1) is 0 Å². The lowest BCUT2D eigenvalue weighted by molar-refractivity contribution is -0.132. The van der Waals surface area contributed by atoms with Crippen molar-refractivity contribution in [3.63, 3.8) is 0 Å². The first-order chi connectivity index (χ1) is 17.6. The van der Waals surface area contributed by atoms with Crippen LogP contribution >= 0.6 is 0 Å². The highest BCUT2D eigenvalue weighted by atomic mass is 19.3. The molecule has 1 aliphatic heterocycles. The molecule has 0 unspecified atom stereocenters. The van der Waals surface area contributed by atoms with Crippen molar-refractivity contribution in [2.45, 2.75) is 65.0 Å². The largest absolute Gasteiger partial charge is 0.335 e. The smallest absolute Gasteiger partial charge is 0.249 e. The average Bonchev–Trinajstić information content (AvgIpc) is 3.40. The summed E-state index contributed by atoms with van der Waals surface area (Å²) in [5.41, 5.74) is 6.41. The highest BCUT2D eigenvalue weighted by Crippen LogP contribution is 2.49. The maximum Gasteiger partial charge on any atom is 0.249 e. The molecule has 3 aromatic heterocycles. The summed E-state index contributed by atoms with van der Waals surface area (Å²) in [7, 11) is 1.89. The molecular formula is C28H30F2N6O. The second kappa shape index (κ2) is 8.46. The Balaban J connectivity index is 1.51. The number of imidazole rings is 1. The lowest BCUT2D eigenvalue weighted by Crippen LogP contribution is -2.40. The summed E-state index contributed by atoms with van der Waals surface area (Å²) in [4.78, 5) is 24.2. The van der Waals surface area contributed by atoms with Gasteiger partial charge in [0.1, 0.15) is 5.82 Å². The van der Waals surface area contributed by atoms with Crippen molar-refractivity contribution < 1.29 is 13.6 Å². The van der Waals surface area contributed by atoms with Gasteiger partial charge >= 0.3 is 0 Å². The van der Waals surface area contributed by atoms with Gasteiger partial charge in [-0.25, -0.2) is 13.8 Å². The van der Waals surface area contributed by atoms with Crippen molar-refractivity contribution in [3.05, 3.63) is 53.4 Å². The van der Waals surface area contributed by atoms with Gasteiger partial charge in [-0.05, 0) is 30.9 Å². The Bertz CT molecular complexity index is 1540. The quantitative estimate of drug-likeness (QED) is 0.374. The molecule has 0 radical (unpaired) electrons. The maximum atomic E-state index is 13.8. The minimum atomic E-state index is -2.63. The van der Waals surface area contributed by atoms with E-state index in [-0.39, 0.29) is 24.7 Å². The van der Waals surface area contributed by atoms with Crippen LogP contribution in [0, 0.1) is 13.8 Å². The summed E-state index contributed by atoms with van der Waals surface area (Å²) in [6.45, 7) is 7.42. The van der Waals surface area contributed by atoms with Crippen molar-refractivity contribution in [3.8, 4) is 22.5 Å². The van der Waals surface area contributed by atoms with Crippen molar-refractivity contribution >= 4 is 16.7 Å². The number of carbonyl (C=O) groups is 1.